The van der Waals surface area contributed by atoms with E-state index in [-0.39, 0.29) is 5.82 Å². The highest BCUT2D eigenvalue weighted by Crippen LogP contribution is 2.22. The van der Waals surface area contributed by atoms with Crippen LogP contribution in [0.4, 0.5) is 4.39 Å². The minimum Gasteiger partial charge on any atom is -0.342 e. The largest absolute Gasteiger partial charge is 0.342 e. The molecule has 19 heavy (non-hydrogen) atoms. The number of hydrogen-bond acceptors (Lipinski definition) is 0. The molecule has 2 N–H and O–H groups in total. The van der Waals surface area contributed by atoms with E-state index in [2.05, 4.69) is 5.32 Å². The highest BCUT2D eigenvalue weighted by Gasteiger charge is 2.01. The molecule has 100 valence electrons. The fraction of sp³-hybridized carbons (Fsp3) is 0.200. The summed E-state index contributed by atoms with van der Waals surface area (Å²) in [7, 11) is 0. The molecular formula is C15H15Cl2FN+. The Morgan fingerprint density at radius 1 is 0.895 bits per heavy atom. The van der Waals surface area contributed by atoms with Crippen molar-refractivity contribution in [3.63, 3.8) is 0 Å². The first kappa shape index (κ1) is 14.3. The smallest absolute Gasteiger partial charge is 0.123 e. The summed E-state index contributed by atoms with van der Waals surface area (Å²) in [6.45, 7) is 1.81. The Morgan fingerprint density at radius 2 is 1.58 bits per heavy atom. The fourth-order valence-corrected chi connectivity index (χ4v) is 2.18. The molecule has 0 radical (unpaired) electrons. The van der Waals surface area contributed by atoms with Crippen molar-refractivity contribution in [3.8, 4) is 0 Å². The molecule has 0 unspecified atom stereocenters. The molecule has 2 rings (SSSR count). The zero-order valence-electron chi connectivity index (χ0n) is 10.4. The minimum atomic E-state index is -0.191. The van der Waals surface area contributed by atoms with E-state index in [1.807, 2.05) is 30.3 Å². The molecule has 0 aliphatic carbocycles. The second kappa shape index (κ2) is 6.90. The third-order valence-corrected chi connectivity index (χ3v) is 3.65. The molecule has 0 aromatic heterocycles. The van der Waals surface area contributed by atoms with E-state index in [1.54, 1.807) is 0 Å². The van der Waals surface area contributed by atoms with Gasteiger partial charge in [0, 0.05) is 12.0 Å². The Kier molecular flexibility index (Phi) is 5.20. The van der Waals surface area contributed by atoms with Crippen LogP contribution in [0.1, 0.15) is 11.1 Å². The van der Waals surface area contributed by atoms with Crippen LogP contribution in [0.5, 0.6) is 0 Å². The van der Waals surface area contributed by atoms with Gasteiger partial charge in [-0.15, -0.1) is 0 Å². The van der Waals surface area contributed by atoms with Crippen molar-refractivity contribution in [2.45, 2.75) is 13.0 Å². The number of hydrogen-bond donors (Lipinski definition) is 1. The van der Waals surface area contributed by atoms with Gasteiger partial charge in [0.05, 0.1) is 16.6 Å². The van der Waals surface area contributed by atoms with Gasteiger partial charge in [0.1, 0.15) is 12.4 Å². The van der Waals surface area contributed by atoms with Crippen molar-refractivity contribution in [1.82, 2.24) is 0 Å². The molecule has 0 bridgehead atoms. The summed E-state index contributed by atoms with van der Waals surface area (Å²) in [4.78, 5) is 0. The third kappa shape index (κ3) is 4.50. The number of nitrogens with two attached hydrogens (primary N) is 1. The van der Waals surface area contributed by atoms with Crippen LogP contribution in [0.15, 0.2) is 42.5 Å². The first-order chi connectivity index (χ1) is 9.15. The van der Waals surface area contributed by atoms with Crippen LogP contribution >= 0.6 is 23.2 Å². The second-order valence-electron chi connectivity index (χ2n) is 4.41. The monoisotopic (exact) mass is 298 g/mol. The lowest BCUT2D eigenvalue weighted by atomic mass is 10.1. The van der Waals surface area contributed by atoms with Gasteiger partial charge in [-0.3, -0.25) is 0 Å². The Hall–Kier alpha value is -1.09. The van der Waals surface area contributed by atoms with Crippen molar-refractivity contribution in [2.75, 3.05) is 6.54 Å². The molecule has 4 heteroatoms. The highest BCUT2D eigenvalue weighted by molar-refractivity contribution is 6.41. The van der Waals surface area contributed by atoms with Gasteiger partial charge in [0.15, 0.2) is 0 Å². The summed E-state index contributed by atoms with van der Waals surface area (Å²) in [5, 5.41) is 3.37. The average molecular weight is 299 g/mol. The summed E-state index contributed by atoms with van der Waals surface area (Å²) in [5.41, 5.74) is 2.29. The maximum atomic E-state index is 12.7. The zero-order chi connectivity index (χ0) is 13.7. The highest BCUT2D eigenvalue weighted by atomic mass is 35.5. The zero-order valence-corrected chi connectivity index (χ0v) is 11.9. The number of quaternary nitrogens is 1. The van der Waals surface area contributed by atoms with Gasteiger partial charge in [-0.05, 0) is 29.8 Å². The van der Waals surface area contributed by atoms with Gasteiger partial charge in [-0.25, -0.2) is 4.39 Å². The molecule has 2 aromatic rings. The molecule has 0 spiro atoms. The third-order valence-electron chi connectivity index (χ3n) is 2.91. The van der Waals surface area contributed by atoms with Crippen LogP contribution in [0.2, 0.25) is 10.0 Å². The van der Waals surface area contributed by atoms with E-state index in [1.165, 1.54) is 12.1 Å². The number of rotatable bonds is 5. The summed E-state index contributed by atoms with van der Waals surface area (Å²) in [6, 6.07) is 12.3. The van der Waals surface area contributed by atoms with Crippen molar-refractivity contribution in [2.24, 2.45) is 0 Å². The SMILES string of the molecule is Fc1ccc(CC[NH2+]Cc2ccc(Cl)c(Cl)c2)cc1. The fourth-order valence-electron chi connectivity index (χ4n) is 1.86. The van der Waals surface area contributed by atoms with Crippen LogP contribution in [0.3, 0.4) is 0 Å². The van der Waals surface area contributed by atoms with Crippen molar-refractivity contribution >= 4 is 23.2 Å². The first-order valence-electron chi connectivity index (χ1n) is 6.15. The van der Waals surface area contributed by atoms with Gasteiger partial charge in [0.25, 0.3) is 0 Å². The van der Waals surface area contributed by atoms with E-state index < -0.39 is 0 Å². The average Bonchev–Trinajstić information content (AvgIpc) is 2.41. The molecule has 0 atom stereocenters. The molecule has 0 saturated heterocycles. The maximum absolute atomic E-state index is 12.7. The molecule has 0 aliphatic rings. The molecule has 0 heterocycles. The molecule has 2 aromatic carbocycles. The molecule has 0 saturated carbocycles. The van der Waals surface area contributed by atoms with Gasteiger partial charge in [0.2, 0.25) is 0 Å². The molecule has 0 fully saturated rings. The standard InChI is InChI=1S/C15H14Cl2FN/c16-14-6-3-12(9-15(14)17)10-19-8-7-11-1-4-13(18)5-2-11/h1-6,9,19H,7-8,10H2/p+1. The molecule has 0 aliphatic heterocycles. The van der Waals surface area contributed by atoms with Crippen molar-refractivity contribution < 1.29 is 9.71 Å². The van der Waals surface area contributed by atoms with E-state index in [4.69, 9.17) is 23.2 Å². The quantitative estimate of drug-likeness (QED) is 0.815. The first-order valence-corrected chi connectivity index (χ1v) is 6.91. The van der Waals surface area contributed by atoms with E-state index in [9.17, 15) is 4.39 Å². The van der Waals surface area contributed by atoms with Crippen LogP contribution in [0, 0.1) is 5.82 Å². The van der Waals surface area contributed by atoms with E-state index in [0.29, 0.717) is 10.0 Å². The predicted molar refractivity (Wildman–Crippen MR) is 77.1 cm³/mol. The summed E-state index contributed by atoms with van der Waals surface area (Å²) in [6.07, 6.45) is 0.918. The van der Waals surface area contributed by atoms with Crippen molar-refractivity contribution in [3.05, 3.63) is 69.5 Å². The Balaban J connectivity index is 1.77. The lowest BCUT2D eigenvalue weighted by Gasteiger charge is -2.04. The second-order valence-corrected chi connectivity index (χ2v) is 5.22. The van der Waals surface area contributed by atoms with Crippen LogP contribution < -0.4 is 5.32 Å². The molecule has 1 nitrogen and oxygen atoms in total. The predicted octanol–water partition coefficient (Wildman–Crippen LogP) is 3.44. The van der Waals surface area contributed by atoms with Crippen LogP contribution in [-0.2, 0) is 13.0 Å². The van der Waals surface area contributed by atoms with Crippen molar-refractivity contribution in [1.29, 1.82) is 0 Å². The minimum absolute atomic E-state index is 0.191. The summed E-state index contributed by atoms with van der Waals surface area (Å²) in [5.74, 6) is -0.191. The lowest BCUT2D eigenvalue weighted by Crippen LogP contribution is -2.83. The van der Waals surface area contributed by atoms with E-state index >= 15 is 0 Å². The van der Waals surface area contributed by atoms with Crippen LogP contribution in [0.25, 0.3) is 0 Å². The van der Waals surface area contributed by atoms with Gasteiger partial charge >= 0.3 is 0 Å². The van der Waals surface area contributed by atoms with Crippen LogP contribution in [-0.4, -0.2) is 6.54 Å². The normalized spacial score (nSPS) is 10.7. The summed E-state index contributed by atoms with van der Waals surface area (Å²) < 4.78 is 12.7. The Morgan fingerprint density at radius 3 is 2.26 bits per heavy atom. The van der Waals surface area contributed by atoms with Gasteiger partial charge < -0.3 is 5.32 Å². The van der Waals surface area contributed by atoms with E-state index in [0.717, 1.165) is 30.6 Å². The Labute approximate surface area is 122 Å². The molecular weight excluding hydrogens is 284 g/mol. The maximum Gasteiger partial charge on any atom is 0.123 e. The topological polar surface area (TPSA) is 16.6 Å². The number of halogens is 3. The number of benzene rings is 2. The summed E-state index contributed by atoms with van der Waals surface area (Å²) >= 11 is 11.8. The lowest BCUT2D eigenvalue weighted by molar-refractivity contribution is -0.670. The molecule has 0 amide bonds. The van der Waals surface area contributed by atoms with Gasteiger partial charge in [-0.1, -0.05) is 41.4 Å². The van der Waals surface area contributed by atoms with Gasteiger partial charge in [-0.2, -0.15) is 0 Å². The Bertz CT molecular complexity index is 540.